The van der Waals surface area contributed by atoms with E-state index in [0.717, 1.165) is 15.2 Å². The lowest BCUT2D eigenvalue weighted by atomic mass is 10.1. The van der Waals surface area contributed by atoms with Crippen molar-refractivity contribution >= 4 is 38.9 Å². The van der Waals surface area contributed by atoms with Crippen LogP contribution in [0.4, 0.5) is 0 Å². The van der Waals surface area contributed by atoms with Gasteiger partial charge < -0.3 is 5.73 Å². The summed E-state index contributed by atoms with van der Waals surface area (Å²) in [5.41, 5.74) is 6.15. The van der Waals surface area contributed by atoms with Gasteiger partial charge in [0.2, 0.25) is 0 Å². The predicted octanol–water partition coefficient (Wildman–Crippen LogP) is 5.91. The topological polar surface area (TPSA) is 26.0 Å². The van der Waals surface area contributed by atoms with E-state index in [0.29, 0.717) is 0 Å². The second-order valence-electron chi connectivity index (χ2n) is 4.43. The molecule has 1 rings (SSSR count). The van der Waals surface area contributed by atoms with Gasteiger partial charge in [0, 0.05) is 10.9 Å². The first-order chi connectivity index (χ1) is 8.15. The molecule has 1 nitrogen and oxygen atoms in total. The summed E-state index contributed by atoms with van der Waals surface area (Å²) in [7, 11) is 0. The maximum absolute atomic E-state index is 6.15. The molecular formula is C13H21BrClNS. The minimum atomic E-state index is 0.148. The van der Waals surface area contributed by atoms with E-state index >= 15 is 0 Å². The summed E-state index contributed by atoms with van der Waals surface area (Å²) in [6.45, 7) is 2.24. The van der Waals surface area contributed by atoms with E-state index in [1.54, 1.807) is 11.3 Å². The first kappa shape index (κ1) is 15.5. The molecule has 0 aromatic carbocycles. The summed E-state index contributed by atoms with van der Waals surface area (Å²) in [5, 5.41) is 0.781. The van der Waals surface area contributed by atoms with E-state index in [1.165, 1.54) is 43.4 Å². The van der Waals surface area contributed by atoms with Crippen LogP contribution in [0, 0.1) is 0 Å². The summed E-state index contributed by atoms with van der Waals surface area (Å²) < 4.78 is 0.993. The van der Waals surface area contributed by atoms with Gasteiger partial charge >= 0.3 is 0 Å². The zero-order chi connectivity index (χ0) is 12.7. The molecule has 0 aliphatic heterocycles. The van der Waals surface area contributed by atoms with Crippen LogP contribution >= 0.6 is 38.9 Å². The highest BCUT2D eigenvalue weighted by molar-refractivity contribution is 9.11. The lowest BCUT2D eigenvalue weighted by Gasteiger charge is -2.08. The molecule has 2 N–H and O–H groups in total. The molecule has 1 aromatic rings. The average Bonchev–Trinajstić information content (AvgIpc) is 2.64. The number of unbranched alkanes of at least 4 members (excludes halogenated alkanes) is 5. The largest absolute Gasteiger partial charge is 0.323 e. The van der Waals surface area contributed by atoms with Crippen molar-refractivity contribution in [3.05, 3.63) is 19.8 Å². The molecule has 0 saturated heterocycles. The van der Waals surface area contributed by atoms with Gasteiger partial charge in [0.25, 0.3) is 0 Å². The number of hydrogen-bond donors (Lipinski definition) is 1. The average molecular weight is 339 g/mol. The number of thiophene rings is 1. The minimum absolute atomic E-state index is 0.148. The van der Waals surface area contributed by atoms with Crippen LogP contribution in [-0.2, 0) is 0 Å². The van der Waals surface area contributed by atoms with Crippen molar-refractivity contribution < 1.29 is 0 Å². The highest BCUT2D eigenvalue weighted by Gasteiger charge is 2.11. The van der Waals surface area contributed by atoms with Crippen molar-refractivity contribution in [2.75, 3.05) is 0 Å². The van der Waals surface area contributed by atoms with Gasteiger partial charge in [0.15, 0.2) is 0 Å². The zero-order valence-corrected chi connectivity index (χ0v) is 13.5. The number of nitrogens with two attached hydrogens (primary N) is 1. The minimum Gasteiger partial charge on any atom is -0.323 e. The van der Waals surface area contributed by atoms with Gasteiger partial charge in [0.05, 0.1) is 8.81 Å². The van der Waals surface area contributed by atoms with Gasteiger partial charge in [-0.05, 0) is 28.4 Å². The highest BCUT2D eigenvalue weighted by Crippen LogP contribution is 2.35. The maximum Gasteiger partial charge on any atom is 0.0887 e. The van der Waals surface area contributed by atoms with E-state index in [2.05, 4.69) is 22.9 Å². The standard InChI is InChI=1S/C13H21BrClNS/c1-2-3-4-5-6-7-8-11(16)12-9-10(15)13(14)17-12/h9,11H,2-8,16H2,1H3. The molecule has 1 atom stereocenters. The summed E-state index contributed by atoms with van der Waals surface area (Å²) >= 11 is 11.1. The van der Waals surface area contributed by atoms with Crippen molar-refractivity contribution in [3.8, 4) is 0 Å². The Morgan fingerprint density at radius 2 is 1.94 bits per heavy atom. The Kier molecular flexibility index (Phi) is 7.76. The molecule has 0 aliphatic carbocycles. The van der Waals surface area contributed by atoms with Gasteiger partial charge in [-0.25, -0.2) is 0 Å². The van der Waals surface area contributed by atoms with Gasteiger partial charge in [0.1, 0.15) is 0 Å². The van der Waals surface area contributed by atoms with Crippen molar-refractivity contribution in [2.24, 2.45) is 5.73 Å². The fraction of sp³-hybridized carbons (Fsp3) is 0.692. The second kappa shape index (κ2) is 8.52. The van der Waals surface area contributed by atoms with Crippen LogP contribution in [0.1, 0.15) is 62.8 Å². The monoisotopic (exact) mass is 337 g/mol. The molecule has 0 saturated carbocycles. The van der Waals surface area contributed by atoms with Gasteiger partial charge in [-0.2, -0.15) is 0 Å². The Morgan fingerprint density at radius 1 is 1.29 bits per heavy atom. The lowest BCUT2D eigenvalue weighted by Crippen LogP contribution is -2.08. The third-order valence-corrected chi connectivity index (χ3v) is 5.50. The van der Waals surface area contributed by atoms with Crippen LogP contribution in [0.2, 0.25) is 5.02 Å². The number of halogens is 2. The van der Waals surface area contributed by atoms with Crippen LogP contribution < -0.4 is 5.73 Å². The Bertz CT molecular complexity index is 308. The first-order valence-corrected chi connectivity index (χ1v) is 8.34. The van der Waals surface area contributed by atoms with E-state index in [-0.39, 0.29) is 6.04 Å². The van der Waals surface area contributed by atoms with E-state index in [9.17, 15) is 0 Å². The third kappa shape index (κ3) is 5.73. The Balaban J connectivity index is 2.19. The molecular weight excluding hydrogens is 318 g/mol. The SMILES string of the molecule is CCCCCCCCC(N)c1cc(Cl)c(Br)s1. The number of hydrogen-bond acceptors (Lipinski definition) is 2. The molecule has 0 amide bonds. The van der Waals surface area contributed by atoms with Gasteiger partial charge in [-0.3, -0.25) is 0 Å². The summed E-state index contributed by atoms with van der Waals surface area (Å²) in [6, 6.07) is 2.13. The molecule has 1 heterocycles. The molecule has 1 unspecified atom stereocenters. The lowest BCUT2D eigenvalue weighted by molar-refractivity contribution is 0.551. The van der Waals surface area contributed by atoms with E-state index < -0.39 is 0 Å². The highest BCUT2D eigenvalue weighted by atomic mass is 79.9. The molecule has 0 spiro atoms. The van der Waals surface area contributed by atoms with E-state index in [4.69, 9.17) is 17.3 Å². The summed E-state index contributed by atoms with van der Waals surface area (Å²) in [5.74, 6) is 0. The number of rotatable bonds is 8. The molecule has 17 heavy (non-hydrogen) atoms. The zero-order valence-electron chi connectivity index (χ0n) is 10.3. The van der Waals surface area contributed by atoms with Crippen LogP contribution in [0.5, 0.6) is 0 Å². The summed E-state index contributed by atoms with van der Waals surface area (Å²) in [4.78, 5) is 1.19. The molecule has 0 bridgehead atoms. The molecule has 4 heteroatoms. The van der Waals surface area contributed by atoms with Crippen molar-refractivity contribution in [1.29, 1.82) is 0 Å². The van der Waals surface area contributed by atoms with E-state index in [1.807, 2.05) is 6.07 Å². The third-order valence-electron chi connectivity index (χ3n) is 2.90. The van der Waals surface area contributed by atoms with Gasteiger partial charge in [-0.15, -0.1) is 11.3 Å². The summed E-state index contributed by atoms with van der Waals surface area (Å²) in [6.07, 6.45) is 8.96. The Labute approximate surface area is 122 Å². The van der Waals surface area contributed by atoms with Crippen LogP contribution in [0.25, 0.3) is 0 Å². The fourth-order valence-corrected chi connectivity index (χ4v) is 3.62. The van der Waals surface area contributed by atoms with Gasteiger partial charge in [-0.1, -0.05) is 57.0 Å². The molecule has 0 aliphatic rings. The Hall–Kier alpha value is 0.430. The van der Waals surface area contributed by atoms with Crippen molar-refractivity contribution in [3.63, 3.8) is 0 Å². The van der Waals surface area contributed by atoms with Crippen molar-refractivity contribution in [1.82, 2.24) is 0 Å². The molecule has 1 aromatic heterocycles. The fourth-order valence-electron chi connectivity index (χ4n) is 1.83. The molecule has 0 fully saturated rings. The van der Waals surface area contributed by atoms with Crippen LogP contribution in [0.3, 0.4) is 0 Å². The maximum atomic E-state index is 6.15. The smallest absolute Gasteiger partial charge is 0.0887 e. The normalized spacial score (nSPS) is 12.9. The predicted molar refractivity (Wildman–Crippen MR) is 82.0 cm³/mol. The first-order valence-electron chi connectivity index (χ1n) is 6.35. The van der Waals surface area contributed by atoms with Crippen molar-refractivity contribution in [2.45, 2.75) is 57.9 Å². The second-order valence-corrected chi connectivity index (χ2v) is 7.24. The molecule has 98 valence electrons. The van der Waals surface area contributed by atoms with Crippen LogP contribution in [-0.4, -0.2) is 0 Å². The van der Waals surface area contributed by atoms with Crippen LogP contribution in [0.15, 0.2) is 9.85 Å². The molecule has 0 radical (unpaired) electrons. The quantitative estimate of drug-likeness (QED) is 0.585. The Morgan fingerprint density at radius 3 is 2.53 bits per heavy atom.